The Labute approximate surface area is 123 Å². The molecule has 6 heteroatoms. The molecule has 1 aromatic carbocycles. The molecule has 116 valence electrons. The summed E-state index contributed by atoms with van der Waals surface area (Å²) in [7, 11) is 3.78. The summed E-state index contributed by atoms with van der Waals surface area (Å²) in [6.07, 6.45) is 0.563. The van der Waals surface area contributed by atoms with Gasteiger partial charge in [0.15, 0.2) is 6.61 Å². The molecule has 21 heavy (non-hydrogen) atoms. The number of nitrogens with zero attached hydrogens (tertiary/aromatic N) is 2. The van der Waals surface area contributed by atoms with Crippen LogP contribution < -0.4 is 4.74 Å². The third-order valence-corrected chi connectivity index (χ3v) is 3.47. The minimum atomic E-state index is -0.852. The van der Waals surface area contributed by atoms with E-state index in [1.54, 1.807) is 4.90 Å². The number of ether oxygens (including phenoxy) is 1. The van der Waals surface area contributed by atoms with Crippen molar-refractivity contribution in [2.45, 2.75) is 12.0 Å². The molecule has 5 nitrogen and oxygen atoms in total. The van der Waals surface area contributed by atoms with Gasteiger partial charge in [0.1, 0.15) is 11.6 Å². The topological polar surface area (TPSA) is 53.0 Å². The van der Waals surface area contributed by atoms with E-state index in [0.717, 1.165) is 0 Å². The molecule has 1 atom stereocenters. The maximum absolute atomic E-state index is 12.8. The van der Waals surface area contributed by atoms with Crippen molar-refractivity contribution in [3.8, 4) is 5.75 Å². The standard InChI is InChI=1S/C15H21FN2O3/c1-17(2)10-15(20)7-8-18(11-15)14(19)9-21-13-5-3-12(16)4-6-13/h3-6,20H,7-11H2,1-2H3. The molecule has 1 aliphatic rings. The van der Waals surface area contributed by atoms with Gasteiger partial charge in [0, 0.05) is 13.1 Å². The van der Waals surface area contributed by atoms with Crippen LogP contribution in [0.3, 0.4) is 0 Å². The molecular formula is C15H21FN2O3. The van der Waals surface area contributed by atoms with Crippen LogP contribution in [0, 0.1) is 5.82 Å². The maximum Gasteiger partial charge on any atom is 0.260 e. The van der Waals surface area contributed by atoms with Crippen molar-refractivity contribution >= 4 is 5.91 Å². The number of hydrogen-bond acceptors (Lipinski definition) is 4. The Hall–Kier alpha value is -1.66. The monoisotopic (exact) mass is 296 g/mol. The van der Waals surface area contributed by atoms with Gasteiger partial charge in [-0.3, -0.25) is 4.79 Å². The van der Waals surface area contributed by atoms with Gasteiger partial charge in [0.2, 0.25) is 0 Å². The van der Waals surface area contributed by atoms with Gasteiger partial charge >= 0.3 is 0 Å². The zero-order valence-corrected chi connectivity index (χ0v) is 12.4. The summed E-state index contributed by atoms with van der Waals surface area (Å²) in [6.45, 7) is 1.26. The molecule has 1 fully saturated rings. The van der Waals surface area contributed by atoms with Crippen LogP contribution in [0.15, 0.2) is 24.3 Å². The van der Waals surface area contributed by atoms with Gasteiger partial charge in [-0.1, -0.05) is 0 Å². The van der Waals surface area contributed by atoms with E-state index in [0.29, 0.717) is 31.8 Å². The number of rotatable bonds is 5. The Morgan fingerprint density at radius 1 is 1.43 bits per heavy atom. The average molecular weight is 296 g/mol. The Bertz CT molecular complexity index is 492. The number of hydrogen-bond donors (Lipinski definition) is 1. The normalized spacial score (nSPS) is 21.9. The fraction of sp³-hybridized carbons (Fsp3) is 0.533. The van der Waals surface area contributed by atoms with E-state index in [1.807, 2.05) is 19.0 Å². The molecule has 1 aromatic rings. The minimum absolute atomic E-state index is 0.107. The largest absolute Gasteiger partial charge is 0.484 e. The zero-order valence-electron chi connectivity index (χ0n) is 12.4. The summed E-state index contributed by atoms with van der Waals surface area (Å²) in [5.41, 5.74) is -0.852. The number of benzene rings is 1. The number of carbonyl (C=O) groups excluding carboxylic acids is 1. The first-order valence-electron chi connectivity index (χ1n) is 6.91. The van der Waals surface area contributed by atoms with E-state index in [2.05, 4.69) is 0 Å². The van der Waals surface area contributed by atoms with Gasteiger partial charge < -0.3 is 19.6 Å². The summed E-state index contributed by atoms with van der Waals surface area (Å²) in [6, 6.07) is 5.53. The van der Waals surface area contributed by atoms with Crippen molar-refractivity contribution in [2.24, 2.45) is 0 Å². The van der Waals surface area contributed by atoms with Crippen molar-refractivity contribution < 1.29 is 19.0 Å². The second-order valence-corrected chi connectivity index (χ2v) is 5.77. The van der Waals surface area contributed by atoms with Crippen LogP contribution in [0.4, 0.5) is 4.39 Å². The second kappa shape index (κ2) is 6.41. The van der Waals surface area contributed by atoms with Crippen LogP contribution in [0.5, 0.6) is 5.75 Å². The zero-order chi connectivity index (χ0) is 15.5. The van der Waals surface area contributed by atoms with Crippen molar-refractivity contribution in [1.29, 1.82) is 0 Å². The fourth-order valence-electron chi connectivity index (χ4n) is 2.55. The highest BCUT2D eigenvalue weighted by Crippen LogP contribution is 2.22. The Kier molecular flexibility index (Phi) is 4.80. The lowest BCUT2D eigenvalue weighted by atomic mass is 10.0. The molecule has 1 aliphatic heterocycles. The number of likely N-dealkylation sites (tertiary alicyclic amines) is 1. The smallest absolute Gasteiger partial charge is 0.260 e. The number of carbonyl (C=O) groups is 1. The van der Waals surface area contributed by atoms with Crippen molar-refractivity contribution in [2.75, 3.05) is 40.3 Å². The quantitative estimate of drug-likeness (QED) is 0.870. The molecule has 0 spiro atoms. The van der Waals surface area contributed by atoms with Gasteiger partial charge in [-0.05, 0) is 44.8 Å². The predicted octanol–water partition coefficient (Wildman–Crippen LogP) is 0.729. The van der Waals surface area contributed by atoms with Crippen molar-refractivity contribution in [3.63, 3.8) is 0 Å². The SMILES string of the molecule is CN(C)CC1(O)CCN(C(=O)COc2ccc(F)cc2)C1. The maximum atomic E-state index is 12.8. The molecule has 1 unspecified atom stereocenters. The van der Waals surface area contributed by atoms with Crippen molar-refractivity contribution in [1.82, 2.24) is 9.80 Å². The van der Waals surface area contributed by atoms with Gasteiger partial charge in [0.25, 0.3) is 5.91 Å². The molecule has 2 rings (SSSR count). The molecule has 0 saturated carbocycles. The number of likely N-dealkylation sites (N-methyl/N-ethyl adjacent to an activating group) is 1. The molecule has 0 aliphatic carbocycles. The van der Waals surface area contributed by atoms with Gasteiger partial charge in [0.05, 0.1) is 12.1 Å². The van der Waals surface area contributed by atoms with Crippen LogP contribution >= 0.6 is 0 Å². The minimum Gasteiger partial charge on any atom is -0.484 e. The molecule has 0 aromatic heterocycles. The summed E-state index contributed by atoms with van der Waals surface area (Å²) in [5.74, 6) is -0.0662. The molecule has 1 heterocycles. The highest BCUT2D eigenvalue weighted by Gasteiger charge is 2.38. The first kappa shape index (κ1) is 15.7. The lowest BCUT2D eigenvalue weighted by Gasteiger charge is -2.26. The fourth-order valence-corrected chi connectivity index (χ4v) is 2.55. The van der Waals surface area contributed by atoms with E-state index >= 15 is 0 Å². The summed E-state index contributed by atoms with van der Waals surface area (Å²) in [5, 5.41) is 10.4. The molecule has 0 bridgehead atoms. The van der Waals surface area contributed by atoms with E-state index in [4.69, 9.17) is 4.74 Å². The molecule has 0 radical (unpaired) electrons. The average Bonchev–Trinajstić information content (AvgIpc) is 2.79. The third-order valence-electron chi connectivity index (χ3n) is 3.47. The first-order chi connectivity index (χ1) is 9.88. The number of aliphatic hydroxyl groups is 1. The molecular weight excluding hydrogens is 275 g/mol. The molecule has 1 saturated heterocycles. The third kappa shape index (κ3) is 4.41. The van der Waals surface area contributed by atoms with Crippen LogP contribution in [-0.4, -0.2) is 66.8 Å². The van der Waals surface area contributed by atoms with Crippen LogP contribution in [0.1, 0.15) is 6.42 Å². The van der Waals surface area contributed by atoms with Gasteiger partial charge in [-0.2, -0.15) is 0 Å². The summed E-state index contributed by atoms with van der Waals surface area (Å²) < 4.78 is 18.1. The Morgan fingerprint density at radius 3 is 2.71 bits per heavy atom. The molecule has 1 N–H and O–H groups in total. The van der Waals surface area contributed by atoms with E-state index in [1.165, 1.54) is 24.3 Å². The van der Waals surface area contributed by atoms with Crippen LogP contribution in [-0.2, 0) is 4.79 Å². The highest BCUT2D eigenvalue weighted by atomic mass is 19.1. The van der Waals surface area contributed by atoms with Crippen molar-refractivity contribution in [3.05, 3.63) is 30.1 Å². The molecule has 1 amide bonds. The number of β-amino-alcohol motifs (C(OH)–C–C–N with tert-alkyl or cyclic N) is 1. The van der Waals surface area contributed by atoms with Crippen LogP contribution in [0.25, 0.3) is 0 Å². The van der Waals surface area contributed by atoms with Gasteiger partial charge in [-0.15, -0.1) is 0 Å². The second-order valence-electron chi connectivity index (χ2n) is 5.77. The Balaban J connectivity index is 1.83. The van der Waals surface area contributed by atoms with E-state index in [-0.39, 0.29) is 18.3 Å². The predicted molar refractivity (Wildman–Crippen MR) is 76.6 cm³/mol. The summed E-state index contributed by atoms with van der Waals surface area (Å²) in [4.78, 5) is 15.6. The van der Waals surface area contributed by atoms with Gasteiger partial charge in [-0.25, -0.2) is 4.39 Å². The van der Waals surface area contributed by atoms with E-state index < -0.39 is 5.60 Å². The highest BCUT2D eigenvalue weighted by molar-refractivity contribution is 5.78. The number of amides is 1. The van der Waals surface area contributed by atoms with Crippen LogP contribution in [0.2, 0.25) is 0 Å². The number of halogens is 1. The first-order valence-corrected chi connectivity index (χ1v) is 6.91. The van der Waals surface area contributed by atoms with E-state index in [9.17, 15) is 14.3 Å². The lowest BCUT2D eigenvalue weighted by Crippen LogP contribution is -2.44. The lowest BCUT2D eigenvalue weighted by molar-refractivity contribution is -0.133. The summed E-state index contributed by atoms with van der Waals surface area (Å²) >= 11 is 0. The Morgan fingerprint density at radius 2 is 2.10 bits per heavy atom.